The molecule has 1 aliphatic rings. The Morgan fingerprint density at radius 1 is 1.50 bits per heavy atom. The van der Waals surface area contributed by atoms with E-state index in [9.17, 15) is 4.79 Å². The Bertz CT molecular complexity index is 320. The van der Waals surface area contributed by atoms with E-state index in [-0.39, 0.29) is 5.41 Å². The standard InChI is InChI=1S/C9H8BrNO/c10-8-3-1-2-7(11-8)9(6-12)4-5-9/h1-3,6H,4-5H2. The zero-order chi connectivity index (χ0) is 8.60. The van der Waals surface area contributed by atoms with Gasteiger partial charge in [-0.1, -0.05) is 6.07 Å². The molecule has 2 nitrogen and oxygen atoms in total. The first-order chi connectivity index (χ1) is 5.77. The van der Waals surface area contributed by atoms with Crippen LogP contribution in [0.5, 0.6) is 0 Å². The van der Waals surface area contributed by atoms with Crippen LogP contribution in [0.2, 0.25) is 0 Å². The number of pyridine rings is 1. The molecule has 1 aromatic heterocycles. The van der Waals surface area contributed by atoms with Crippen molar-refractivity contribution in [2.24, 2.45) is 0 Å². The molecule has 12 heavy (non-hydrogen) atoms. The molecule has 0 atom stereocenters. The molecule has 2 rings (SSSR count). The van der Waals surface area contributed by atoms with E-state index < -0.39 is 0 Å². The van der Waals surface area contributed by atoms with E-state index in [0.29, 0.717) is 0 Å². The SMILES string of the molecule is O=CC1(c2cccc(Br)n2)CC1. The normalized spacial score (nSPS) is 18.8. The monoisotopic (exact) mass is 225 g/mol. The second-order valence-electron chi connectivity index (χ2n) is 3.12. The average molecular weight is 226 g/mol. The van der Waals surface area contributed by atoms with Gasteiger partial charge in [0.1, 0.15) is 10.9 Å². The summed E-state index contributed by atoms with van der Waals surface area (Å²) in [7, 11) is 0. The summed E-state index contributed by atoms with van der Waals surface area (Å²) in [6, 6.07) is 5.69. The maximum absolute atomic E-state index is 10.7. The number of carbonyl (C=O) groups excluding carboxylic acids is 1. The van der Waals surface area contributed by atoms with Crippen LogP contribution in [0, 0.1) is 0 Å². The van der Waals surface area contributed by atoms with Gasteiger partial charge in [0, 0.05) is 0 Å². The minimum absolute atomic E-state index is 0.246. The van der Waals surface area contributed by atoms with E-state index in [1.54, 1.807) is 0 Å². The molecule has 1 fully saturated rings. The largest absolute Gasteiger partial charge is 0.302 e. The molecule has 0 radical (unpaired) electrons. The number of hydrogen-bond donors (Lipinski definition) is 0. The fourth-order valence-electron chi connectivity index (χ4n) is 1.25. The van der Waals surface area contributed by atoms with Crippen LogP contribution in [0.3, 0.4) is 0 Å². The highest BCUT2D eigenvalue weighted by molar-refractivity contribution is 9.10. The summed E-state index contributed by atoms with van der Waals surface area (Å²) < 4.78 is 0.799. The molecule has 0 bridgehead atoms. The molecule has 0 aromatic carbocycles. The van der Waals surface area contributed by atoms with Crippen molar-refractivity contribution in [3.8, 4) is 0 Å². The van der Waals surface area contributed by atoms with E-state index in [2.05, 4.69) is 20.9 Å². The number of hydrogen-bond acceptors (Lipinski definition) is 2. The van der Waals surface area contributed by atoms with Crippen molar-refractivity contribution in [2.75, 3.05) is 0 Å². The number of halogens is 1. The van der Waals surface area contributed by atoms with Crippen LogP contribution >= 0.6 is 15.9 Å². The van der Waals surface area contributed by atoms with Crippen molar-refractivity contribution in [2.45, 2.75) is 18.3 Å². The Morgan fingerprint density at radius 2 is 2.25 bits per heavy atom. The first-order valence-electron chi connectivity index (χ1n) is 3.86. The number of aldehydes is 1. The first kappa shape index (κ1) is 7.92. The molecule has 0 spiro atoms. The Hall–Kier alpha value is -0.700. The van der Waals surface area contributed by atoms with Gasteiger partial charge >= 0.3 is 0 Å². The van der Waals surface area contributed by atoms with Crippen LogP contribution < -0.4 is 0 Å². The molecular weight excluding hydrogens is 218 g/mol. The van der Waals surface area contributed by atoms with Gasteiger partial charge in [-0.3, -0.25) is 0 Å². The molecule has 1 saturated carbocycles. The smallest absolute Gasteiger partial charge is 0.132 e. The maximum atomic E-state index is 10.7. The summed E-state index contributed by atoms with van der Waals surface area (Å²) in [6.45, 7) is 0. The van der Waals surface area contributed by atoms with Crippen molar-refractivity contribution < 1.29 is 4.79 Å². The minimum Gasteiger partial charge on any atom is -0.302 e. The Labute approximate surface area is 79.1 Å². The summed E-state index contributed by atoms with van der Waals surface area (Å²) in [5, 5.41) is 0. The quantitative estimate of drug-likeness (QED) is 0.570. The second kappa shape index (κ2) is 2.66. The van der Waals surface area contributed by atoms with Crippen LogP contribution in [0.1, 0.15) is 18.5 Å². The van der Waals surface area contributed by atoms with Crippen LogP contribution in [0.25, 0.3) is 0 Å². The van der Waals surface area contributed by atoms with Crippen molar-refractivity contribution in [1.29, 1.82) is 0 Å². The highest BCUT2D eigenvalue weighted by Crippen LogP contribution is 2.45. The Balaban J connectivity index is 2.40. The van der Waals surface area contributed by atoms with Crippen molar-refractivity contribution in [3.63, 3.8) is 0 Å². The molecule has 1 aliphatic carbocycles. The van der Waals surface area contributed by atoms with E-state index in [4.69, 9.17) is 0 Å². The molecule has 0 unspecified atom stereocenters. The molecule has 0 N–H and O–H groups in total. The molecule has 0 saturated heterocycles. The van der Waals surface area contributed by atoms with E-state index in [1.165, 1.54) is 0 Å². The molecule has 1 aromatic rings. The highest BCUT2D eigenvalue weighted by Gasteiger charge is 2.45. The van der Waals surface area contributed by atoms with Gasteiger partial charge in [-0.2, -0.15) is 0 Å². The summed E-state index contributed by atoms with van der Waals surface area (Å²) in [4.78, 5) is 15.0. The topological polar surface area (TPSA) is 30.0 Å². The fraction of sp³-hybridized carbons (Fsp3) is 0.333. The molecule has 3 heteroatoms. The van der Waals surface area contributed by atoms with Crippen LogP contribution in [-0.4, -0.2) is 11.3 Å². The van der Waals surface area contributed by atoms with Crippen LogP contribution in [-0.2, 0) is 10.2 Å². The lowest BCUT2D eigenvalue weighted by Crippen LogP contribution is -2.09. The van der Waals surface area contributed by atoms with Gasteiger partial charge < -0.3 is 4.79 Å². The molecule has 0 aliphatic heterocycles. The first-order valence-corrected chi connectivity index (χ1v) is 4.65. The van der Waals surface area contributed by atoms with E-state index in [0.717, 1.165) is 29.4 Å². The third-order valence-electron chi connectivity index (χ3n) is 2.24. The summed E-state index contributed by atoms with van der Waals surface area (Å²) >= 11 is 3.28. The Morgan fingerprint density at radius 3 is 2.75 bits per heavy atom. The lowest BCUT2D eigenvalue weighted by Gasteiger charge is -2.05. The van der Waals surface area contributed by atoms with Gasteiger partial charge in [0.2, 0.25) is 0 Å². The van der Waals surface area contributed by atoms with E-state index in [1.807, 2.05) is 18.2 Å². The summed E-state index contributed by atoms with van der Waals surface area (Å²) in [5.74, 6) is 0. The van der Waals surface area contributed by atoms with Crippen molar-refractivity contribution >= 4 is 22.2 Å². The van der Waals surface area contributed by atoms with Gasteiger partial charge in [-0.05, 0) is 40.9 Å². The van der Waals surface area contributed by atoms with Crippen molar-refractivity contribution in [1.82, 2.24) is 4.98 Å². The molecule has 62 valence electrons. The number of aromatic nitrogens is 1. The second-order valence-corrected chi connectivity index (χ2v) is 3.93. The molecule has 1 heterocycles. The minimum atomic E-state index is -0.246. The van der Waals surface area contributed by atoms with Gasteiger partial charge in [0.15, 0.2) is 0 Å². The zero-order valence-corrected chi connectivity index (χ0v) is 8.04. The van der Waals surface area contributed by atoms with E-state index >= 15 is 0 Å². The van der Waals surface area contributed by atoms with Crippen LogP contribution in [0.15, 0.2) is 22.8 Å². The predicted octanol–water partition coefficient (Wildman–Crippen LogP) is 2.07. The van der Waals surface area contributed by atoms with Gasteiger partial charge in [-0.25, -0.2) is 4.98 Å². The van der Waals surface area contributed by atoms with Gasteiger partial charge in [0.05, 0.1) is 11.1 Å². The highest BCUT2D eigenvalue weighted by atomic mass is 79.9. The fourth-order valence-corrected chi connectivity index (χ4v) is 1.60. The van der Waals surface area contributed by atoms with Crippen molar-refractivity contribution in [3.05, 3.63) is 28.5 Å². The average Bonchev–Trinajstić information content (AvgIpc) is 2.84. The lowest BCUT2D eigenvalue weighted by atomic mass is 10.0. The number of nitrogens with zero attached hydrogens (tertiary/aromatic N) is 1. The number of rotatable bonds is 2. The van der Waals surface area contributed by atoms with Crippen LogP contribution in [0.4, 0.5) is 0 Å². The third kappa shape index (κ3) is 1.18. The lowest BCUT2D eigenvalue weighted by molar-refractivity contribution is -0.109. The number of carbonyl (C=O) groups is 1. The zero-order valence-electron chi connectivity index (χ0n) is 6.46. The molecular formula is C9H8BrNO. The molecule has 0 amide bonds. The Kier molecular flexibility index (Phi) is 1.76. The van der Waals surface area contributed by atoms with Gasteiger partial charge in [-0.15, -0.1) is 0 Å². The predicted molar refractivity (Wildman–Crippen MR) is 48.9 cm³/mol. The summed E-state index contributed by atoms with van der Waals surface area (Å²) in [6.07, 6.45) is 2.90. The summed E-state index contributed by atoms with van der Waals surface area (Å²) in [5.41, 5.74) is 0.649. The maximum Gasteiger partial charge on any atom is 0.132 e. The van der Waals surface area contributed by atoms with Gasteiger partial charge in [0.25, 0.3) is 0 Å². The third-order valence-corrected chi connectivity index (χ3v) is 2.68.